The van der Waals surface area contributed by atoms with E-state index in [1.165, 1.54) is 24.1 Å². The molecule has 1 heterocycles. The molecule has 0 saturated heterocycles. The Hall–Kier alpha value is -3.36. The molecule has 2 N–H and O–H groups in total. The first kappa shape index (κ1) is 23.9. The van der Waals surface area contributed by atoms with Gasteiger partial charge in [0.05, 0.1) is 13.7 Å². The zero-order valence-electron chi connectivity index (χ0n) is 18.2. The zero-order valence-corrected chi connectivity index (χ0v) is 18.2. The molecule has 0 spiro atoms. The molecule has 0 saturated carbocycles. The van der Waals surface area contributed by atoms with E-state index >= 15 is 0 Å². The van der Waals surface area contributed by atoms with Crippen LogP contribution in [-0.2, 0) is 22.6 Å². The molecule has 0 aliphatic heterocycles. The second kappa shape index (κ2) is 11.1. The predicted molar refractivity (Wildman–Crippen MR) is 112 cm³/mol. The van der Waals surface area contributed by atoms with Crippen LogP contribution in [0.4, 0.5) is 9.18 Å². The summed E-state index contributed by atoms with van der Waals surface area (Å²) in [5.74, 6) is -0.302. The molecule has 31 heavy (non-hydrogen) atoms. The Bertz CT molecular complexity index is 910. The van der Waals surface area contributed by atoms with Crippen LogP contribution in [0.2, 0.25) is 0 Å². The summed E-state index contributed by atoms with van der Waals surface area (Å²) < 4.78 is 23.2. The lowest BCUT2D eigenvalue weighted by atomic mass is 10.1. The summed E-state index contributed by atoms with van der Waals surface area (Å²) in [5.41, 5.74) is 1.04. The number of hydrogen-bond donors (Lipinski definition) is 2. The summed E-state index contributed by atoms with van der Waals surface area (Å²) in [7, 11) is 2.88. The number of urea groups is 1. The molecule has 1 aromatic carbocycles. The monoisotopic (exact) mass is 433 g/mol. The largest absolute Gasteiger partial charge is 0.465 e. The van der Waals surface area contributed by atoms with Gasteiger partial charge in [0, 0.05) is 13.6 Å². The Kier molecular flexibility index (Phi) is 8.60. The summed E-state index contributed by atoms with van der Waals surface area (Å²) in [6.45, 7) is 3.90. The van der Waals surface area contributed by atoms with E-state index in [2.05, 4.69) is 10.6 Å². The van der Waals surface area contributed by atoms with Crippen molar-refractivity contribution in [3.8, 4) is 0 Å². The standard InChI is InChI=1S/C22H28FN3O5/c1-5-6-19(25-22(29)24-12-15-7-9-16(23)10-8-15)20(27)26(3)13-17-11-18(14(2)31-17)21(28)30-4/h7-11,19H,5-6,12-13H2,1-4H3,(H2,24,25,29). The van der Waals surface area contributed by atoms with Crippen LogP contribution < -0.4 is 10.6 Å². The lowest BCUT2D eigenvalue weighted by molar-refractivity contribution is -0.132. The minimum absolute atomic E-state index is 0.135. The number of halogens is 1. The van der Waals surface area contributed by atoms with Crippen molar-refractivity contribution >= 4 is 17.9 Å². The summed E-state index contributed by atoms with van der Waals surface area (Å²) in [4.78, 5) is 38.3. The summed E-state index contributed by atoms with van der Waals surface area (Å²) in [5, 5.41) is 5.36. The molecule has 168 valence electrons. The highest BCUT2D eigenvalue weighted by atomic mass is 19.1. The van der Waals surface area contributed by atoms with Gasteiger partial charge in [0.2, 0.25) is 5.91 Å². The van der Waals surface area contributed by atoms with Crippen molar-refractivity contribution in [1.82, 2.24) is 15.5 Å². The van der Waals surface area contributed by atoms with E-state index in [1.807, 2.05) is 6.92 Å². The average Bonchev–Trinajstić information content (AvgIpc) is 3.11. The SMILES string of the molecule is CCCC(NC(=O)NCc1ccc(F)cc1)C(=O)N(C)Cc1cc(C(=O)OC)c(C)o1. The number of nitrogens with zero attached hydrogens (tertiary/aromatic N) is 1. The maximum absolute atomic E-state index is 13.0. The fraction of sp³-hybridized carbons (Fsp3) is 0.409. The second-order valence-corrected chi connectivity index (χ2v) is 7.16. The van der Waals surface area contributed by atoms with Crippen molar-refractivity contribution in [2.24, 2.45) is 0 Å². The van der Waals surface area contributed by atoms with Crippen LogP contribution in [0.1, 0.15) is 47.2 Å². The van der Waals surface area contributed by atoms with E-state index in [9.17, 15) is 18.8 Å². The Labute approximate surface area is 180 Å². The van der Waals surface area contributed by atoms with E-state index in [4.69, 9.17) is 9.15 Å². The zero-order chi connectivity index (χ0) is 23.0. The van der Waals surface area contributed by atoms with E-state index in [0.29, 0.717) is 29.9 Å². The third-order valence-corrected chi connectivity index (χ3v) is 4.69. The van der Waals surface area contributed by atoms with Gasteiger partial charge in [0.25, 0.3) is 0 Å². The van der Waals surface area contributed by atoms with Crippen LogP contribution in [0, 0.1) is 12.7 Å². The summed E-state index contributed by atoms with van der Waals surface area (Å²) in [6.07, 6.45) is 1.15. The van der Waals surface area contributed by atoms with Crippen LogP contribution in [0.15, 0.2) is 34.7 Å². The fourth-order valence-corrected chi connectivity index (χ4v) is 3.05. The maximum Gasteiger partial charge on any atom is 0.341 e. The highest BCUT2D eigenvalue weighted by Gasteiger charge is 2.25. The predicted octanol–water partition coefficient (Wildman–Crippen LogP) is 3.14. The number of carbonyl (C=O) groups excluding carboxylic acids is 3. The van der Waals surface area contributed by atoms with E-state index in [1.54, 1.807) is 32.2 Å². The first-order valence-corrected chi connectivity index (χ1v) is 9.96. The van der Waals surface area contributed by atoms with Crippen LogP contribution in [0.3, 0.4) is 0 Å². The minimum atomic E-state index is -0.723. The normalized spacial score (nSPS) is 11.5. The van der Waals surface area contributed by atoms with E-state index in [-0.39, 0.29) is 24.8 Å². The van der Waals surface area contributed by atoms with Gasteiger partial charge in [-0.1, -0.05) is 25.5 Å². The van der Waals surface area contributed by atoms with E-state index < -0.39 is 18.0 Å². The van der Waals surface area contributed by atoms with Gasteiger partial charge in [-0.2, -0.15) is 0 Å². The Balaban J connectivity index is 1.96. The molecular weight excluding hydrogens is 405 g/mol. The van der Waals surface area contributed by atoms with Gasteiger partial charge in [0.1, 0.15) is 28.9 Å². The first-order chi connectivity index (χ1) is 14.7. The molecule has 0 fully saturated rings. The molecule has 0 aliphatic carbocycles. The number of hydrogen-bond acceptors (Lipinski definition) is 5. The van der Waals surface area contributed by atoms with Gasteiger partial charge in [-0.25, -0.2) is 14.0 Å². The highest BCUT2D eigenvalue weighted by Crippen LogP contribution is 2.17. The van der Waals surface area contributed by atoms with Crippen LogP contribution in [0.5, 0.6) is 0 Å². The van der Waals surface area contributed by atoms with Crippen molar-refractivity contribution in [3.63, 3.8) is 0 Å². The molecule has 1 unspecified atom stereocenters. The number of carbonyl (C=O) groups is 3. The third kappa shape index (κ3) is 6.84. The Morgan fingerprint density at radius 1 is 1.23 bits per heavy atom. The number of aryl methyl sites for hydroxylation is 1. The van der Waals surface area contributed by atoms with Gasteiger partial charge in [-0.3, -0.25) is 4.79 Å². The molecule has 2 aromatic rings. The second-order valence-electron chi connectivity index (χ2n) is 7.16. The van der Waals surface area contributed by atoms with Gasteiger partial charge in [0.15, 0.2) is 0 Å². The van der Waals surface area contributed by atoms with Crippen molar-refractivity contribution in [2.45, 2.75) is 45.8 Å². The summed E-state index contributed by atoms with van der Waals surface area (Å²) >= 11 is 0. The lowest BCUT2D eigenvalue weighted by Gasteiger charge is -2.24. The summed E-state index contributed by atoms with van der Waals surface area (Å²) in [6, 6.07) is 6.11. The number of rotatable bonds is 9. The Morgan fingerprint density at radius 2 is 1.90 bits per heavy atom. The highest BCUT2D eigenvalue weighted by molar-refractivity contribution is 5.90. The van der Waals surface area contributed by atoms with E-state index in [0.717, 1.165) is 5.56 Å². The van der Waals surface area contributed by atoms with Gasteiger partial charge >= 0.3 is 12.0 Å². The number of likely N-dealkylation sites (N-methyl/N-ethyl adjacent to an activating group) is 1. The van der Waals surface area contributed by atoms with Gasteiger partial charge < -0.3 is 24.7 Å². The molecule has 3 amide bonds. The van der Waals surface area contributed by atoms with Crippen LogP contribution >= 0.6 is 0 Å². The van der Waals surface area contributed by atoms with Crippen LogP contribution in [0.25, 0.3) is 0 Å². The number of furan rings is 1. The maximum atomic E-state index is 13.0. The first-order valence-electron chi connectivity index (χ1n) is 9.96. The molecule has 2 rings (SSSR count). The molecule has 0 radical (unpaired) electrons. The fourth-order valence-electron chi connectivity index (χ4n) is 3.05. The van der Waals surface area contributed by atoms with Crippen molar-refractivity contribution in [2.75, 3.05) is 14.2 Å². The number of esters is 1. The number of ether oxygens (including phenoxy) is 1. The average molecular weight is 433 g/mol. The number of amides is 3. The molecule has 9 heteroatoms. The van der Waals surface area contributed by atoms with Crippen molar-refractivity contribution in [3.05, 3.63) is 58.8 Å². The van der Waals surface area contributed by atoms with Crippen LogP contribution in [-0.4, -0.2) is 43.0 Å². The molecule has 0 aliphatic rings. The lowest BCUT2D eigenvalue weighted by Crippen LogP contribution is -2.50. The van der Waals surface area contributed by atoms with Gasteiger partial charge in [-0.05, 0) is 37.1 Å². The number of benzene rings is 1. The van der Waals surface area contributed by atoms with Crippen molar-refractivity contribution < 1.29 is 27.9 Å². The Morgan fingerprint density at radius 3 is 2.52 bits per heavy atom. The molecule has 0 bridgehead atoms. The molecule has 1 aromatic heterocycles. The quantitative estimate of drug-likeness (QED) is 0.592. The van der Waals surface area contributed by atoms with Crippen molar-refractivity contribution in [1.29, 1.82) is 0 Å². The smallest absolute Gasteiger partial charge is 0.341 e. The topological polar surface area (TPSA) is 101 Å². The number of nitrogens with one attached hydrogen (secondary N) is 2. The molecular formula is C22H28FN3O5. The number of methoxy groups -OCH3 is 1. The molecule has 8 nitrogen and oxygen atoms in total. The minimum Gasteiger partial charge on any atom is -0.465 e. The third-order valence-electron chi connectivity index (χ3n) is 4.69. The molecule has 1 atom stereocenters. The van der Waals surface area contributed by atoms with Gasteiger partial charge in [-0.15, -0.1) is 0 Å².